The molecule has 1 aromatic rings. The van der Waals surface area contributed by atoms with E-state index < -0.39 is 0 Å². The van der Waals surface area contributed by atoms with Crippen LogP contribution in [0.4, 0.5) is 5.69 Å². The standard InChI is InChI=1S/C14H20N4OS/c1-11(16-17-14(20)15-2)12-3-5-13(6-4-12)18-7-9-19-10-8-18/h3-6H,7-10H2,1-2H3,(H2,15,17,20). The van der Waals surface area contributed by atoms with Gasteiger partial charge in [0.05, 0.1) is 18.9 Å². The molecule has 5 nitrogen and oxygen atoms in total. The second-order valence-electron chi connectivity index (χ2n) is 4.53. The van der Waals surface area contributed by atoms with Gasteiger partial charge in [-0.2, -0.15) is 5.10 Å². The number of ether oxygens (including phenoxy) is 1. The van der Waals surface area contributed by atoms with E-state index in [1.807, 2.05) is 6.92 Å². The summed E-state index contributed by atoms with van der Waals surface area (Å²) in [5.74, 6) is 0. The molecule has 0 aromatic heterocycles. The molecule has 0 amide bonds. The fourth-order valence-corrected chi connectivity index (χ4v) is 2.04. The van der Waals surface area contributed by atoms with Crippen molar-refractivity contribution in [2.75, 3.05) is 38.3 Å². The van der Waals surface area contributed by atoms with Crippen molar-refractivity contribution in [3.63, 3.8) is 0 Å². The highest BCUT2D eigenvalue weighted by Crippen LogP contribution is 2.16. The Morgan fingerprint density at radius 3 is 2.50 bits per heavy atom. The zero-order valence-corrected chi connectivity index (χ0v) is 12.7. The third-order valence-electron chi connectivity index (χ3n) is 3.21. The molecule has 108 valence electrons. The number of hydrogen-bond donors (Lipinski definition) is 2. The van der Waals surface area contributed by atoms with Gasteiger partial charge in [0.2, 0.25) is 0 Å². The van der Waals surface area contributed by atoms with Crippen LogP contribution in [0.1, 0.15) is 12.5 Å². The Hall–Kier alpha value is -1.66. The maximum absolute atomic E-state index is 5.36. The van der Waals surface area contributed by atoms with Crippen LogP contribution >= 0.6 is 12.2 Å². The molecule has 2 rings (SSSR count). The zero-order chi connectivity index (χ0) is 14.4. The highest BCUT2D eigenvalue weighted by molar-refractivity contribution is 7.80. The second-order valence-corrected chi connectivity index (χ2v) is 4.94. The number of rotatable bonds is 3. The van der Waals surface area contributed by atoms with E-state index in [0.29, 0.717) is 5.11 Å². The average molecular weight is 292 g/mol. The van der Waals surface area contributed by atoms with Crippen molar-refractivity contribution in [2.45, 2.75) is 6.92 Å². The van der Waals surface area contributed by atoms with E-state index in [9.17, 15) is 0 Å². The molecule has 0 unspecified atom stereocenters. The molecular formula is C14H20N4OS. The van der Waals surface area contributed by atoms with Crippen molar-refractivity contribution >= 4 is 28.7 Å². The summed E-state index contributed by atoms with van der Waals surface area (Å²) in [6, 6.07) is 8.40. The Kier molecular flexibility index (Phi) is 5.31. The lowest BCUT2D eigenvalue weighted by Gasteiger charge is -2.28. The van der Waals surface area contributed by atoms with E-state index in [1.54, 1.807) is 7.05 Å². The fourth-order valence-electron chi connectivity index (χ4n) is 1.99. The lowest BCUT2D eigenvalue weighted by molar-refractivity contribution is 0.122. The third-order valence-corrected chi connectivity index (χ3v) is 3.51. The van der Waals surface area contributed by atoms with Crippen molar-refractivity contribution in [1.82, 2.24) is 10.7 Å². The van der Waals surface area contributed by atoms with Crippen LogP contribution in [0.15, 0.2) is 29.4 Å². The van der Waals surface area contributed by atoms with E-state index >= 15 is 0 Å². The van der Waals surface area contributed by atoms with Gasteiger partial charge in [-0.15, -0.1) is 0 Å². The SMILES string of the molecule is CNC(=S)NN=C(C)c1ccc(N2CCOCC2)cc1. The van der Waals surface area contributed by atoms with E-state index in [-0.39, 0.29) is 0 Å². The average Bonchev–Trinajstić information content (AvgIpc) is 2.53. The van der Waals surface area contributed by atoms with Crippen LogP contribution in [0.25, 0.3) is 0 Å². The number of thiocarbonyl (C=S) groups is 1. The molecule has 0 aliphatic carbocycles. The van der Waals surface area contributed by atoms with Gasteiger partial charge in [-0.1, -0.05) is 12.1 Å². The van der Waals surface area contributed by atoms with Gasteiger partial charge in [0, 0.05) is 25.8 Å². The molecule has 0 saturated carbocycles. The molecule has 6 heteroatoms. The molecule has 0 spiro atoms. The number of benzene rings is 1. The Morgan fingerprint density at radius 1 is 1.25 bits per heavy atom. The minimum absolute atomic E-state index is 0.509. The van der Waals surface area contributed by atoms with Crippen LogP contribution < -0.4 is 15.6 Å². The molecule has 1 saturated heterocycles. The molecule has 0 bridgehead atoms. The molecule has 1 heterocycles. The summed E-state index contributed by atoms with van der Waals surface area (Å²) in [4.78, 5) is 2.33. The topological polar surface area (TPSA) is 48.9 Å². The Morgan fingerprint density at radius 2 is 1.90 bits per heavy atom. The molecule has 1 aliphatic heterocycles. The van der Waals surface area contributed by atoms with E-state index in [0.717, 1.165) is 37.6 Å². The summed E-state index contributed by atoms with van der Waals surface area (Å²) >= 11 is 4.98. The quantitative estimate of drug-likeness (QED) is 0.500. The normalized spacial score (nSPS) is 15.9. The summed E-state index contributed by atoms with van der Waals surface area (Å²) in [6.07, 6.45) is 0. The minimum atomic E-state index is 0.509. The van der Waals surface area contributed by atoms with Crippen molar-refractivity contribution in [1.29, 1.82) is 0 Å². The molecule has 0 radical (unpaired) electrons. The Labute approximate surface area is 125 Å². The predicted molar refractivity (Wildman–Crippen MR) is 86.5 cm³/mol. The van der Waals surface area contributed by atoms with Crippen LogP contribution in [0, 0.1) is 0 Å². The van der Waals surface area contributed by atoms with Crippen LogP contribution in [-0.2, 0) is 4.74 Å². The first-order valence-electron chi connectivity index (χ1n) is 6.66. The van der Waals surface area contributed by atoms with Crippen LogP contribution in [0.5, 0.6) is 0 Å². The first kappa shape index (κ1) is 14.7. The lowest BCUT2D eigenvalue weighted by atomic mass is 10.1. The maximum atomic E-state index is 5.36. The molecule has 20 heavy (non-hydrogen) atoms. The summed E-state index contributed by atoms with van der Waals surface area (Å²) in [7, 11) is 1.76. The number of morpholine rings is 1. The van der Waals surface area contributed by atoms with Crippen LogP contribution in [0.3, 0.4) is 0 Å². The summed E-state index contributed by atoms with van der Waals surface area (Å²) in [5, 5.41) is 7.56. The number of nitrogens with zero attached hydrogens (tertiary/aromatic N) is 2. The van der Waals surface area contributed by atoms with Gasteiger partial charge in [-0.05, 0) is 36.8 Å². The molecule has 1 aromatic carbocycles. The third kappa shape index (κ3) is 3.91. The molecule has 2 N–H and O–H groups in total. The smallest absolute Gasteiger partial charge is 0.186 e. The van der Waals surface area contributed by atoms with Gasteiger partial charge < -0.3 is 15.0 Å². The van der Waals surface area contributed by atoms with Crippen LogP contribution in [-0.4, -0.2) is 44.2 Å². The summed E-state index contributed by atoms with van der Waals surface area (Å²) in [6.45, 7) is 5.45. The van der Waals surface area contributed by atoms with E-state index in [4.69, 9.17) is 17.0 Å². The van der Waals surface area contributed by atoms with Gasteiger partial charge in [-0.25, -0.2) is 0 Å². The highest BCUT2D eigenvalue weighted by Gasteiger charge is 2.10. The van der Waals surface area contributed by atoms with Gasteiger partial charge in [0.25, 0.3) is 0 Å². The van der Waals surface area contributed by atoms with E-state index in [1.165, 1.54) is 5.69 Å². The molecule has 1 aliphatic rings. The molecular weight excluding hydrogens is 272 g/mol. The van der Waals surface area contributed by atoms with Gasteiger partial charge in [-0.3, -0.25) is 5.43 Å². The Bertz CT molecular complexity index is 480. The number of hydrogen-bond acceptors (Lipinski definition) is 4. The van der Waals surface area contributed by atoms with Gasteiger partial charge in [0.1, 0.15) is 0 Å². The maximum Gasteiger partial charge on any atom is 0.186 e. The second kappa shape index (κ2) is 7.21. The molecule has 0 atom stereocenters. The zero-order valence-electron chi connectivity index (χ0n) is 11.8. The summed E-state index contributed by atoms with van der Waals surface area (Å²) < 4.78 is 5.36. The number of anilines is 1. The van der Waals surface area contributed by atoms with Crippen molar-refractivity contribution in [3.8, 4) is 0 Å². The number of nitrogens with one attached hydrogen (secondary N) is 2. The van der Waals surface area contributed by atoms with E-state index in [2.05, 4.69) is 45.0 Å². The molecule has 1 fully saturated rings. The highest BCUT2D eigenvalue weighted by atomic mass is 32.1. The monoisotopic (exact) mass is 292 g/mol. The van der Waals surface area contributed by atoms with Gasteiger partial charge in [0.15, 0.2) is 5.11 Å². The summed E-state index contributed by atoms with van der Waals surface area (Å²) in [5.41, 5.74) is 5.99. The predicted octanol–water partition coefficient (Wildman–Crippen LogP) is 1.34. The van der Waals surface area contributed by atoms with Crippen molar-refractivity contribution in [3.05, 3.63) is 29.8 Å². The number of hydrazone groups is 1. The van der Waals surface area contributed by atoms with Gasteiger partial charge >= 0.3 is 0 Å². The van der Waals surface area contributed by atoms with Crippen molar-refractivity contribution < 1.29 is 4.74 Å². The first-order valence-corrected chi connectivity index (χ1v) is 7.06. The van der Waals surface area contributed by atoms with Crippen molar-refractivity contribution in [2.24, 2.45) is 5.10 Å². The first-order chi connectivity index (χ1) is 9.70. The lowest BCUT2D eigenvalue weighted by Crippen LogP contribution is -2.36. The minimum Gasteiger partial charge on any atom is -0.378 e. The van der Waals surface area contributed by atoms with Crippen LogP contribution in [0.2, 0.25) is 0 Å². The fraction of sp³-hybridized carbons (Fsp3) is 0.429. The Balaban J connectivity index is 2.01. The largest absolute Gasteiger partial charge is 0.378 e.